The molecule has 258 valence electrons. The molecular formula is C27H44N2O14S2. The highest BCUT2D eigenvalue weighted by Gasteiger charge is 2.67. The lowest BCUT2D eigenvalue weighted by atomic mass is 9.43. The molecule has 0 amide bonds. The summed E-state index contributed by atoms with van der Waals surface area (Å²) in [5.74, 6) is -1.86. The van der Waals surface area contributed by atoms with Gasteiger partial charge < -0.3 is 35.8 Å². The van der Waals surface area contributed by atoms with Gasteiger partial charge in [-0.2, -0.15) is 16.8 Å². The van der Waals surface area contributed by atoms with Gasteiger partial charge in [-0.3, -0.25) is 13.9 Å². The third-order valence-corrected chi connectivity index (χ3v) is 12.1. The maximum absolute atomic E-state index is 12.6. The maximum Gasteiger partial charge on any atom is 0.397 e. The van der Waals surface area contributed by atoms with Crippen LogP contribution in [0.1, 0.15) is 51.9 Å². The zero-order chi connectivity index (χ0) is 33.1. The van der Waals surface area contributed by atoms with Crippen molar-refractivity contribution in [2.45, 2.75) is 94.8 Å². The van der Waals surface area contributed by atoms with E-state index in [-0.39, 0.29) is 43.8 Å². The van der Waals surface area contributed by atoms with Crippen LogP contribution in [0.15, 0.2) is 12.2 Å². The van der Waals surface area contributed by atoms with Crippen molar-refractivity contribution in [3.8, 4) is 0 Å². The van der Waals surface area contributed by atoms with Gasteiger partial charge in [0, 0.05) is 25.0 Å². The molecule has 0 aromatic rings. The van der Waals surface area contributed by atoms with Gasteiger partial charge in [0.05, 0.1) is 18.1 Å². The molecule has 2 bridgehead atoms. The smallest absolute Gasteiger partial charge is 0.397 e. The summed E-state index contributed by atoms with van der Waals surface area (Å²) in [6.07, 6.45) is -6.72. The first-order valence-corrected chi connectivity index (χ1v) is 17.9. The summed E-state index contributed by atoms with van der Waals surface area (Å²) in [6.45, 7) is 6.34. The largest absolute Gasteiger partial charge is 0.481 e. The predicted molar refractivity (Wildman–Crippen MR) is 154 cm³/mol. The van der Waals surface area contributed by atoms with Gasteiger partial charge in [0.15, 0.2) is 6.29 Å². The molecule has 1 aliphatic heterocycles. The molecule has 4 aliphatic carbocycles. The Morgan fingerprint density at radius 3 is 2.38 bits per heavy atom. The number of carboxylic acids is 1. The molecule has 8 N–H and O–H groups in total. The van der Waals surface area contributed by atoms with Gasteiger partial charge in [0.25, 0.3) is 0 Å². The first kappa shape index (κ1) is 35.0. The van der Waals surface area contributed by atoms with E-state index in [4.69, 9.17) is 15.2 Å². The fourth-order valence-electron chi connectivity index (χ4n) is 9.55. The standard InChI is InChI=1S/C27H44N2O14S2/c1-13-14-3-4-19-26(2)11-15(9-16(24(32)33)17(26)5-6-27(19,10-14)23(13)31)40-25-20(30)22(43-45(37,38)39)21(42-44(34,35)36)18(41-25)12-29-8-7-28/h14-23,25,29-31H,1,3-12,28H2,2H3,(H,32,33)(H,34,35,36)(H,37,38,39)/t14?,15?,16?,17?,18-,19?,20?,21+,22?,23-,25?,26?,27?/m0/s1. The number of aliphatic hydroxyl groups excluding tert-OH is 2. The number of hydrogen-bond donors (Lipinski definition) is 7. The van der Waals surface area contributed by atoms with Gasteiger partial charge in [-0.25, -0.2) is 8.37 Å². The number of aliphatic carboxylic acids is 1. The van der Waals surface area contributed by atoms with E-state index in [1.807, 2.05) is 6.92 Å². The molecule has 1 heterocycles. The Balaban J connectivity index is 1.45. The van der Waals surface area contributed by atoms with Crippen molar-refractivity contribution < 1.29 is 63.9 Å². The number of hydrogen-bond acceptors (Lipinski definition) is 13. The molecule has 4 saturated carbocycles. The average molecular weight is 685 g/mol. The molecule has 0 aromatic carbocycles. The van der Waals surface area contributed by atoms with Crippen LogP contribution in [-0.4, -0.2) is 110 Å². The third-order valence-electron chi connectivity index (χ3n) is 11.2. The van der Waals surface area contributed by atoms with Crippen molar-refractivity contribution in [1.29, 1.82) is 0 Å². The van der Waals surface area contributed by atoms with Crippen molar-refractivity contribution in [3.05, 3.63) is 12.2 Å². The normalized spacial score (nSPS) is 45.1. The van der Waals surface area contributed by atoms with Crippen LogP contribution in [0, 0.1) is 34.5 Å². The Hall–Kier alpha value is -1.29. The van der Waals surface area contributed by atoms with Gasteiger partial charge in [-0.1, -0.05) is 13.5 Å². The minimum atomic E-state index is -5.30. The summed E-state index contributed by atoms with van der Waals surface area (Å²) in [6, 6.07) is 0. The third kappa shape index (κ3) is 6.71. The molecule has 18 heteroatoms. The van der Waals surface area contributed by atoms with Crippen LogP contribution in [-0.2, 0) is 43.4 Å². The molecule has 16 nitrogen and oxygen atoms in total. The van der Waals surface area contributed by atoms with E-state index in [1.54, 1.807) is 0 Å². The lowest BCUT2D eigenvalue weighted by molar-refractivity contribution is -0.309. The summed E-state index contributed by atoms with van der Waals surface area (Å²) in [5, 5.41) is 35.7. The lowest BCUT2D eigenvalue weighted by Crippen LogP contribution is -2.64. The first-order valence-electron chi connectivity index (χ1n) is 15.2. The second-order valence-corrected chi connectivity index (χ2v) is 15.6. The number of nitrogens with one attached hydrogen (secondary N) is 1. The van der Waals surface area contributed by atoms with Crippen molar-refractivity contribution in [1.82, 2.24) is 5.32 Å². The van der Waals surface area contributed by atoms with Gasteiger partial charge >= 0.3 is 26.8 Å². The van der Waals surface area contributed by atoms with E-state index in [0.717, 1.165) is 24.8 Å². The molecule has 5 fully saturated rings. The molecule has 0 radical (unpaired) electrons. The molecule has 5 aliphatic rings. The predicted octanol–water partition coefficient (Wildman–Crippen LogP) is -0.374. The quantitative estimate of drug-likeness (QED) is 0.0633. The van der Waals surface area contributed by atoms with Gasteiger partial charge in [0.1, 0.15) is 24.4 Å². The number of carboxylic acid groups (broad SMARTS) is 1. The van der Waals surface area contributed by atoms with Crippen LogP contribution in [0.5, 0.6) is 0 Å². The highest BCUT2D eigenvalue weighted by molar-refractivity contribution is 7.81. The minimum Gasteiger partial charge on any atom is -0.481 e. The Bertz CT molecular complexity index is 1360. The Morgan fingerprint density at radius 1 is 1.09 bits per heavy atom. The summed E-state index contributed by atoms with van der Waals surface area (Å²) in [4.78, 5) is 12.6. The molecular weight excluding hydrogens is 640 g/mol. The molecule has 13 atom stereocenters. The number of aliphatic hydroxyl groups is 2. The summed E-state index contributed by atoms with van der Waals surface area (Å²) >= 11 is 0. The molecule has 0 aromatic heterocycles. The zero-order valence-electron chi connectivity index (χ0n) is 24.9. The molecule has 1 saturated heterocycles. The van der Waals surface area contributed by atoms with Crippen LogP contribution in [0.3, 0.4) is 0 Å². The Morgan fingerprint density at radius 2 is 1.76 bits per heavy atom. The highest BCUT2D eigenvalue weighted by Crippen LogP contribution is 2.70. The van der Waals surface area contributed by atoms with Gasteiger partial charge in [0.2, 0.25) is 0 Å². The number of carbonyl (C=O) groups is 1. The maximum atomic E-state index is 12.6. The van der Waals surface area contributed by atoms with E-state index < -0.39 is 86.4 Å². The van der Waals surface area contributed by atoms with Crippen LogP contribution >= 0.6 is 0 Å². The number of ether oxygens (including phenoxy) is 2. The molecule has 5 rings (SSSR count). The van der Waals surface area contributed by atoms with Crippen molar-refractivity contribution in [2.75, 3.05) is 19.6 Å². The lowest BCUT2D eigenvalue weighted by Gasteiger charge is -2.62. The summed E-state index contributed by atoms with van der Waals surface area (Å²) < 4.78 is 86.9. The van der Waals surface area contributed by atoms with E-state index in [1.165, 1.54) is 0 Å². The summed E-state index contributed by atoms with van der Waals surface area (Å²) in [7, 11) is -10.5. The van der Waals surface area contributed by atoms with E-state index in [2.05, 4.69) is 20.3 Å². The fraction of sp³-hybridized carbons (Fsp3) is 0.889. The second-order valence-electron chi connectivity index (χ2n) is 13.5. The number of nitrogens with two attached hydrogens (primary N) is 1. The Labute approximate surface area is 262 Å². The van der Waals surface area contributed by atoms with Crippen LogP contribution in [0.4, 0.5) is 0 Å². The van der Waals surface area contributed by atoms with E-state index >= 15 is 0 Å². The Kier molecular flexibility index (Phi) is 9.83. The molecule has 10 unspecified atom stereocenters. The van der Waals surface area contributed by atoms with Crippen molar-refractivity contribution >= 4 is 26.8 Å². The van der Waals surface area contributed by atoms with Crippen molar-refractivity contribution in [3.63, 3.8) is 0 Å². The minimum absolute atomic E-state index is 0.0314. The van der Waals surface area contributed by atoms with Crippen LogP contribution in [0.2, 0.25) is 0 Å². The van der Waals surface area contributed by atoms with Gasteiger partial charge in [-0.15, -0.1) is 0 Å². The summed E-state index contributed by atoms with van der Waals surface area (Å²) in [5.41, 5.74) is 5.32. The van der Waals surface area contributed by atoms with E-state index in [0.29, 0.717) is 19.3 Å². The monoisotopic (exact) mass is 684 g/mol. The number of rotatable bonds is 11. The zero-order valence-corrected chi connectivity index (χ0v) is 26.6. The van der Waals surface area contributed by atoms with Crippen LogP contribution < -0.4 is 11.1 Å². The van der Waals surface area contributed by atoms with Crippen LogP contribution in [0.25, 0.3) is 0 Å². The fourth-order valence-corrected chi connectivity index (χ4v) is 10.6. The van der Waals surface area contributed by atoms with Gasteiger partial charge in [-0.05, 0) is 73.7 Å². The van der Waals surface area contributed by atoms with Crippen molar-refractivity contribution in [2.24, 2.45) is 40.2 Å². The molecule has 1 spiro atoms. The van der Waals surface area contributed by atoms with E-state index in [9.17, 15) is 46.1 Å². The topological polar surface area (TPSA) is 261 Å². The molecule has 45 heavy (non-hydrogen) atoms. The second kappa shape index (κ2) is 12.6. The first-order chi connectivity index (χ1) is 20.9. The highest BCUT2D eigenvalue weighted by atomic mass is 32.3. The average Bonchev–Trinajstić information content (AvgIpc) is 3.10. The SMILES string of the molecule is C=C1C2CCC3C4(C)CC(OC5O[C@@H](CNCCN)[C@@H](OS(=O)(=O)O)C(OS(=O)(=O)O)C5O)CC(C(=O)O)C4CCC3(C2)[C@H]1O. The number of fused-ring (bicyclic) bond motifs is 3.